The highest BCUT2D eigenvalue weighted by Gasteiger charge is 2.27. The summed E-state index contributed by atoms with van der Waals surface area (Å²) in [5.41, 5.74) is 1.03. The Morgan fingerprint density at radius 2 is 1.87 bits per heavy atom. The first-order valence-electron chi connectivity index (χ1n) is 12.0. The molecule has 6 heteroatoms. The van der Waals surface area contributed by atoms with Gasteiger partial charge < -0.3 is 14.0 Å². The van der Waals surface area contributed by atoms with Gasteiger partial charge in [-0.15, -0.1) is 0 Å². The van der Waals surface area contributed by atoms with Gasteiger partial charge in [0.05, 0.1) is 18.9 Å². The lowest BCUT2D eigenvalue weighted by molar-refractivity contribution is -0.140. The molecule has 1 rings (SSSR count). The molecule has 0 heterocycles. The van der Waals surface area contributed by atoms with Crippen molar-refractivity contribution in [2.24, 2.45) is 17.0 Å². The highest BCUT2D eigenvalue weighted by Crippen LogP contribution is 2.30. The monoisotopic (exact) mass is 451 g/mol. The van der Waals surface area contributed by atoms with Gasteiger partial charge >= 0.3 is 5.97 Å². The molecule has 0 saturated carbocycles. The Kier molecular flexibility index (Phi) is 13.7. The molecule has 0 N–H and O–H groups in total. The number of carbonyl (C=O) groups excluding carboxylic acids is 1. The predicted molar refractivity (Wildman–Crippen MR) is 132 cm³/mol. The smallest absolute Gasteiger partial charge is 0.305 e. The van der Waals surface area contributed by atoms with E-state index in [-0.39, 0.29) is 12.1 Å². The maximum atomic E-state index is 11.2. The number of allylic oxidation sites excluding steroid dienone is 3. The Balaban J connectivity index is 2.65. The first kappa shape index (κ1) is 27.6. The molecule has 1 aliphatic rings. The van der Waals surface area contributed by atoms with Crippen molar-refractivity contribution in [1.82, 2.24) is 0 Å². The number of nitrogens with zero attached hydrogens (tertiary/aromatic N) is 1. The van der Waals surface area contributed by atoms with E-state index >= 15 is 0 Å². The van der Waals surface area contributed by atoms with Gasteiger partial charge in [0.15, 0.2) is 8.32 Å². The highest BCUT2D eigenvalue weighted by atomic mass is 28.4. The van der Waals surface area contributed by atoms with Crippen LogP contribution in [-0.2, 0) is 18.8 Å². The summed E-state index contributed by atoms with van der Waals surface area (Å²) in [5.74, 6) is 0.566. The second kappa shape index (κ2) is 15.4. The van der Waals surface area contributed by atoms with Crippen molar-refractivity contribution in [2.75, 3.05) is 14.2 Å². The first-order valence-corrected chi connectivity index (χ1v) is 15.4. The van der Waals surface area contributed by atoms with Crippen LogP contribution in [0, 0.1) is 11.8 Å². The molecule has 5 nitrogen and oxygen atoms in total. The second-order valence-electron chi connectivity index (χ2n) is 9.42. The van der Waals surface area contributed by atoms with Gasteiger partial charge in [-0.2, -0.15) is 0 Å². The van der Waals surface area contributed by atoms with Crippen LogP contribution < -0.4 is 0 Å². The lowest BCUT2D eigenvalue weighted by atomic mass is 9.88. The number of hydrogen-bond acceptors (Lipinski definition) is 5. The van der Waals surface area contributed by atoms with E-state index in [2.05, 4.69) is 56.0 Å². The minimum Gasteiger partial charge on any atom is -0.469 e. The number of ether oxygens (including phenoxy) is 1. The minimum atomic E-state index is -1.59. The van der Waals surface area contributed by atoms with Crippen LogP contribution >= 0.6 is 0 Å². The zero-order chi connectivity index (χ0) is 23.1. The average Bonchev–Trinajstić information content (AvgIpc) is 3.09. The molecule has 0 amide bonds. The van der Waals surface area contributed by atoms with E-state index in [0.29, 0.717) is 18.3 Å². The summed E-state index contributed by atoms with van der Waals surface area (Å²) in [6.07, 6.45) is 19.7. The number of carbonyl (C=O) groups is 1. The molecule has 0 aliphatic heterocycles. The molecule has 0 radical (unpaired) electrons. The van der Waals surface area contributed by atoms with E-state index in [1.54, 1.807) is 7.11 Å². The lowest BCUT2D eigenvalue weighted by Gasteiger charge is -2.25. The van der Waals surface area contributed by atoms with E-state index < -0.39 is 8.32 Å². The fraction of sp³-hybridized carbons (Fsp3) is 0.760. The van der Waals surface area contributed by atoms with Gasteiger partial charge in [-0.05, 0) is 45.0 Å². The van der Waals surface area contributed by atoms with E-state index in [1.165, 1.54) is 26.4 Å². The second-order valence-corrected chi connectivity index (χ2v) is 13.9. The summed E-state index contributed by atoms with van der Waals surface area (Å²) in [6, 6.07) is 0. The van der Waals surface area contributed by atoms with Crippen LogP contribution in [0.1, 0.15) is 71.1 Å². The quantitative estimate of drug-likeness (QED) is 0.0865. The topological polar surface area (TPSA) is 57.1 Å². The summed E-state index contributed by atoms with van der Waals surface area (Å²) in [4.78, 5) is 16.3. The zero-order valence-electron chi connectivity index (χ0n) is 20.7. The van der Waals surface area contributed by atoms with Crippen LogP contribution in [0.4, 0.5) is 0 Å². The third kappa shape index (κ3) is 12.3. The van der Waals surface area contributed by atoms with E-state index in [0.717, 1.165) is 44.2 Å². The molecule has 0 spiro atoms. The fourth-order valence-electron chi connectivity index (χ4n) is 3.99. The zero-order valence-corrected chi connectivity index (χ0v) is 21.7. The van der Waals surface area contributed by atoms with Crippen LogP contribution in [0.25, 0.3) is 0 Å². The van der Waals surface area contributed by atoms with E-state index in [9.17, 15) is 4.79 Å². The summed E-state index contributed by atoms with van der Waals surface area (Å²) < 4.78 is 11.2. The number of esters is 1. The Bertz CT molecular complexity index is 595. The molecule has 0 aromatic carbocycles. The Morgan fingerprint density at radius 1 is 1.13 bits per heavy atom. The van der Waals surface area contributed by atoms with Crippen molar-refractivity contribution < 1.29 is 18.8 Å². The molecular weight excluding hydrogens is 406 g/mol. The van der Waals surface area contributed by atoms with Crippen LogP contribution in [0.5, 0.6) is 0 Å². The summed E-state index contributed by atoms with van der Waals surface area (Å²) >= 11 is 0. The molecule has 0 aromatic rings. The molecule has 3 atom stereocenters. The third-order valence-electron chi connectivity index (χ3n) is 5.55. The molecular formula is C25H45NO4Si. The molecule has 1 aliphatic carbocycles. The van der Waals surface area contributed by atoms with Crippen LogP contribution in [-0.4, -0.2) is 40.3 Å². The van der Waals surface area contributed by atoms with Gasteiger partial charge in [-0.1, -0.05) is 68.8 Å². The highest BCUT2D eigenvalue weighted by molar-refractivity contribution is 6.69. The summed E-state index contributed by atoms with van der Waals surface area (Å²) in [6.45, 7) is 9.02. The number of methoxy groups -OCH3 is 1. The van der Waals surface area contributed by atoms with Gasteiger partial charge in [0.2, 0.25) is 0 Å². The van der Waals surface area contributed by atoms with Crippen LogP contribution in [0.15, 0.2) is 29.5 Å². The number of hydrogen-bond donors (Lipinski definition) is 0. The fourth-order valence-corrected chi connectivity index (χ4v) is 5.10. The van der Waals surface area contributed by atoms with Gasteiger partial charge in [-0.3, -0.25) is 4.79 Å². The first-order chi connectivity index (χ1) is 14.8. The number of unbranched alkanes of at least 4 members (excludes halogenated alkanes) is 5. The van der Waals surface area contributed by atoms with Gasteiger partial charge in [-0.25, -0.2) is 0 Å². The normalized spacial score (nSPS) is 21.2. The molecule has 31 heavy (non-hydrogen) atoms. The molecule has 0 saturated heterocycles. The summed E-state index contributed by atoms with van der Waals surface area (Å²) in [7, 11) is 1.47. The van der Waals surface area contributed by atoms with E-state index in [1.807, 2.05) is 0 Å². The largest absolute Gasteiger partial charge is 0.469 e. The SMILES string of the molecule is CCCCC[C@@H](/C=C/[C@H]1C=C/C(=N\OC)[C@@H]1CCCCCCC(=O)OC)O[Si](C)(C)C. The van der Waals surface area contributed by atoms with Gasteiger partial charge in [0.1, 0.15) is 7.11 Å². The molecule has 0 bridgehead atoms. The molecule has 178 valence electrons. The number of rotatable bonds is 16. The standard InChI is InChI=1S/C25H45NO4Si/c1-7-8-11-14-22(30-31(4,5)6)19-17-21-18-20-24(26-29-3)23(21)15-12-9-10-13-16-25(27)28-2/h17-23H,7-16H2,1-6H3/b19-17+,26-24+/t21-,22-,23+/m0/s1. The Hall–Kier alpha value is -1.40. The Labute approximate surface area is 191 Å². The number of oxime groups is 1. The van der Waals surface area contributed by atoms with Crippen LogP contribution in [0.2, 0.25) is 19.6 Å². The molecule has 0 fully saturated rings. The predicted octanol–water partition coefficient (Wildman–Crippen LogP) is 6.66. The lowest BCUT2D eigenvalue weighted by Crippen LogP contribution is -2.31. The average molecular weight is 452 g/mol. The minimum absolute atomic E-state index is 0.117. The summed E-state index contributed by atoms with van der Waals surface area (Å²) in [5, 5.41) is 4.26. The third-order valence-corrected chi connectivity index (χ3v) is 6.56. The van der Waals surface area contributed by atoms with Gasteiger partial charge in [0, 0.05) is 18.3 Å². The Morgan fingerprint density at radius 3 is 2.52 bits per heavy atom. The molecule has 0 aromatic heterocycles. The van der Waals surface area contributed by atoms with Crippen molar-refractivity contribution in [3.8, 4) is 0 Å². The van der Waals surface area contributed by atoms with Crippen molar-refractivity contribution in [2.45, 2.75) is 96.9 Å². The maximum absolute atomic E-state index is 11.2. The van der Waals surface area contributed by atoms with Crippen molar-refractivity contribution >= 4 is 20.0 Å². The maximum Gasteiger partial charge on any atom is 0.305 e. The molecule has 0 unspecified atom stereocenters. The van der Waals surface area contributed by atoms with E-state index in [4.69, 9.17) is 14.0 Å². The van der Waals surface area contributed by atoms with Crippen molar-refractivity contribution in [1.29, 1.82) is 0 Å². The van der Waals surface area contributed by atoms with Crippen molar-refractivity contribution in [3.63, 3.8) is 0 Å². The van der Waals surface area contributed by atoms with Crippen molar-refractivity contribution in [3.05, 3.63) is 24.3 Å². The van der Waals surface area contributed by atoms with Crippen LogP contribution in [0.3, 0.4) is 0 Å². The van der Waals surface area contributed by atoms with Gasteiger partial charge in [0.25, 0.3) is 0 Å².